The highest BCUT2D eigenvalue weighted by Crippen LogP contribution is 2.39. The molecule has 1 aromatic carbocycles. The number of nitrogens with zero attached hydrogens (tertiary/aromatic N) is 4. The van der Waals surface area contributed by atoms with E-state index in [0.29, 0.717) is 47.5 Å². The first-order valence-electron chi connectivity index (χ1n) is 10.9. The second kappa shape index (κ2) is 8.26. The summed E-state index contributed by atoms with van der Waals surface area (Å²) in [5.41, 5.74) is 0.0327. The first kappa shape index (κ1) is 22.6. The summed E-state index contributed by atoms with van der Waals surface area (Å²) in [5, 5.41) is 3.66. The van der Waals surface area contributed by atoms with E-state index in [1.54, 1.807) is 12.1 Å². The van der Waals surface area contributed by atoms with E-state index >= 15 is 0 Å². The third-order valence-corrected chi connectivity index (χ3v) is 7.87. The molecular formula is C22H22F3N5O3S. The fourth-order valence-corrected chi connectivity index (χ4v) is 5.70. The molecule has 0 radical (unpaired) electrons. The van der Waals surface area contributed by atoms with Crippen LogP contribution >= 0.6 is 0 Å². The van der Waals surface area contributed by atoms with E-state index in [1.807, 2.05) is 6.92 Å². The third kappa shape index (κ3) is 4.10. The average molecular weight is 494 g/mol. The molecule has 1 fully saturated rings. The number of hydrogen-bond acceptors (Lipinski definition) is 7. The van der Waals surface area contributed by atoms with Crippen molar-refractivity contribution in [3.8, 4) is 5.75 Å². The van der Waals surface area contributed by atoms with Gasteiger partial charge in [-0.25, -0.2) is 23.4 Å². The lowest BCUT2D eigenvalue weighted by Gasteiger charge is -2.18. The van der Waals surface area contributed by atoms with E-state index in [4.69, 9.17) is 4.74 Å². The number of hydrogen-bond donors (Lipinski definition) is 1. The van der Waals surface area contributed by atoms with Crippen molar-refractivity contribution in [3.05, 3.63) is 47.4 Å². The number of halogens is 3. The van der Waals surface area contributed by atoms with Gasteiger partial charge in [0.25, 0.3) is 0 Å². The molecule has 12 heteroatoms. The molecule has 5 rings (SSSR count). The molecule has 2 aromatic heterocycles. The van der Waals surface area contributed by atoms with Crippen molar-refractivity contribution < 1.29 is 26.3 Å². The zero-order chi connectivity index (χ0) is 24.1. The van der Waals surface area contributed by atoms with Gasteiger partial charge in [0, 0.05) is 30.0 Å². The Bertz CT molecular complexity index is 1360. The smallest absolute Gasteiger partial charge is 0.419 e. The highest BCUT2D eigenvalue weighted by molar-refractivity contribution is 7.93. The second-order valence-electron chi connectivity index (χ2n) is 8.42. The number of ether oxygens (including phenoxy) is 1. The number of alkyl halides is 3. The predicted molar refractivity (Wildman–Crippen MR) is 120 cm³/mol. The van der Waals surface area contributed by atoms with Crippen LogP contribution in [0.3, 0.4) is 0 Å². The normalized spacial score (nSPS) is 20.2. The van der Waals surface area contributed by atoms with Crippen molar-refractivity contribution in [2.45, 2.75) is 38.4 Å². The topological polar surface area (TPSA) is 97.3 Å². The minimum atomic E-state index is -4.55. The quantitative estimate of drug-likeness (QED) is 0.546. The number of aromatic nitrogens is 3. The Balaban J connectivity index is 1.61. The van der Waals surface area contributed by atoms with Gasteiger partial charge in [-0.2, -0.15) is 13.2 Å². The zero-order valence-electron chi connectivity index (χ0n) is 18.3. The summed E-state index contributed by atoms with van der Waals surface area (Å²) in [4.78, 5) is 13.5. The number of para-hydroxylation sites is 1. The van der Waals surface area contributed by atoms with Crippen LogP contribution < -0.4 is 14.4 Å². The molecule has 1 N–H and O–H groups in total. The van der Waals surface area contributed by atoms with Gasteiger partial charge in [-0.15, -0.1) is 0 Å². The Morgan fingerprint density at radius 3 is 2.79 bits per heavy atom. The fraction of sp³-hybridized carbons (Fsp3) is 0.409. The summed E-state index contributed by atoms with van der Waals surface area (Å²) in [5.74, 6) is 0.838. The zero-order valence-corrected chi connectivity index (χ0v) is 19.1. The Hall–Kier alpha value is -3.15. The molecule has 3 aromatic rings. The van der Waals surface area contributed by atoms with E-state index < -0.39 is 21.8 Å². The summed E-state index contributed by atoms with van der Waals surface area (Å²) in [6, 6.07) is 5.54. The molecule has 2 bridgehead atoms. The molecule has 1 atom stereocenters. The van der Waals surface area contributed by atoms with Crippen LogP contribution in [0.4, 0.5) is 24.8 Å². The molecule has 2 aliphatic heterocycles. The molecule has 0 amide bonds. The van der Waals surface area contributed by atoms with Crippen molar-refractivity contribution in [2.75, 3.05) is 28.5 Å². The van der Waals surface area contributed by atoms with E-state index in [0.717, 1.165) is 6.07 Å². The Morgan fingerprint density at radius 1 is 1.24 bits per heavy atom. The van der Waals surface area contributed by atoms with Crippen LogP contribution in [0.25, 0.3) is 10.9 Å². The molecule has 4 heterocycles. The lowest BCUT2D eigenvalue weighted by molar-refractivity contribution is -0.139. The maximum Gasteiger partial charge on any atom is 0.419 e. The van der Waals surface area contributed by atoms with E-state index in [1.165, 1.54) is 16.6 Å². The molecule has 1 unspecified atom stereocenters. The summed E-state index contributed by atoms with van der Waals surface area (Å²) in [6.07, 6.45) is -2.12. The van der Waals surface area contributed by atoms with Gasteiger partial charge in [0.1, 0.15) is 23.2 Å². The van der Waals surface area contributed by atoms with Crippen LogP contribution in [0.1, 0.15) is 42.6 Å². The van der Waals surface area contributed by atoms with Crippen molar-refractivity contribution in [2.24, 2.45) is 0 Å². The first-order valence-corrected chi connectivity index (χ1v) is 12.5. The minimum Gasteiger partial charge on any atom is -0.493 e. The van der Waals surface area contributed by atoms with Crippen molar-refractivity contribution in [3.63, 3.8) is 0 Å². The van der Waals surface area contributed by atoms with Gasteiger partial charge in [0.15, 0.2) is 0 Å². The molecule has 0 saturated carbocycles. The van der Waals surface area contributed by atoms with Crippen LogP contribution in [0.15, 0.2) is 30.5 Å². The molecule has 8 nitrogen and oxygen atoms in total. The van der Waals surface area contributed by atoms with Gasteiger partial charge in [-0.3, -0.25) is 4.31 Å². The van der Waals surface area contributed by atoms with Crippen LogP contribution in [-0.4, -0.2) is 42.3 Å². The summed E-state index contributed by atoms with van der Waals surface area (Å²) >= 11 is 0. The number of benzene rings is 1. The van der Waals surface area contributed by atoms with Crippen LogP contribution in [0.2, 0.25) is 0 Å². The van der Waals surface area contributed by atoms with Crippen molar-refractivity contribution in [1.29, 1.82) is 0 Å². The van der Waals surface area contributed by atoms with E-state index in [9.17, 15) is 21.6 Å². The van der Waals surface area contributed by atoms with Crippen molar-refractivity contribution >= 4 is 32.6 Å². The lowest BCUT2D eigenvalue weighted by atomic mass is 10.1. The molecule has 180 valence electrons. The van der Waals surface area contributed by atoms with Gasteiger partial charge >= 0.3 is 6.18 Å². The number of rotatable bonds is 1. The Morgan fingerprint density at radius 2 is 2.06 bits per heavy atom. The van der Waals surface area contributed by atoms with Gasteiger partial charge in [0.2, 0.25) is 10.0 Å². The third-order valence-electron chi connectivity index (χ3n) is 6.03. The van der Waals surface area contributed by atoms with Crippen molar-refractivity contribution in [1.82, 2.24) is 15.0 Å². The van der Waals surface area contributed by atoms with Gasteiger partial charge in [-0.1, -0.05) is 19.1 Å². The fourth-order valence-electron chi connectivity index (χ4n) is 4.19. The summed E-state index contributed by atoms with van der Waals surface area (Å²) in [6.45, 7) is 2.31. The SMILES string of the molecule is CC1CCOc2c(cccc2C(F)(F)F)CNc2nc1nc1cnc(N3CCCS3(=O)=O)cc21. The molecule has 0 aliphatic carbocycles. The summed E-state index contributed by atoms with van der Waals surface area (Å²) in [7, 11) is -3.43. The minimum absolute atomic E-state index is 0.0266. The Kier molecular flexibility index (Phi) is 5.50. The van der Waals surface area contributed by atoms with Crippen LogP contribution in [0, 0.1) is 0 Å². The number of anilines is 2. The number of fused-ring (bicyclic) bond motifs is 5. The second-order valence-corrected chi connectivity index (χ2v) is 10.4. The largest absolute Gasteiger partial charge is 0.493 e. The lowest BCUT2D eigenvalue weighted by Crippen LogP contribution is -2.26. The molecule has 0 spiro atoms. The van der Waals surface area contributed by atoms with E-state index in [2.05, 4.69) is 20.3 Å². The monoisotopic (exact) mass is 493 g/mol. The van der Waals surface area contributed by atoms with Gasteiger partial charge in [0.05, 0.1) is 29.6 Å². The average Bonchev–Trinajstić information content (AvgIpc) is 3.14. The number of nitrogens with one attached hydrogen (secondary N) is 1. The van der Waals surface area contributed by atoms with Crippen LogP contribution in [-0.2, 0) is 22.7 Å². The number of sulfonamides is 1. The highest BCUT2D eigenvalue weighted by atomic mass is 32.2. The number of pyridine rings is 1. The van der Waals surface area contributed by atoms with Gasteiger partial charge in [-0.05, 0) is 25.0 Å². The van der Waals surface area contributed by atoms with Gasteiger partial charge < -0.3 is 10.1 Å². The maximum absolute atomic E-state index is 13.6. The molecule has 1 saturated heterocycles. The predicted octanol–water partition coefficient (Wildman–Crippen LogP) is 4.08. The standard InChI is InChI=1S/C22H22F3N5O3S/c1-13-6-8-33-19-14(4-2-5-16(19)22(23,24)25)11-27-21-15-10-18(30-7-3-9-34(30,31)32)26-12-17(15)28-20(13)29-21/h2,4-5,10,12-13H,3,6-9,11H2,1H3,(H,27,28,29). The van der Waals surface area contributed by atoms with E-state index in [-0.39, 0.29) is 36.4 Å². The first-order chi connectivity index (χ1) is 16.1. The molecule has 34 heavy (non-hydrogen) atoms. The molecular weight excluding hydrogens is 471 g/mol. The molecule has 2 aliphatic rings. The van der Waals surface area contributed by atoms with Crippen LogP contribution in [0.5, 0.6) is 5.75 Å². The maximum atomic E-state index is 13.6. The Labute approximate surface area is 194 Å². The summed E-state index contributed by atoms with van der Waals surface area (Å²) < 4.78 is 72.5. The highest BCUT2D eigenvalue weighted by Gasteiger charge is 2.35.